The van der Waals surface area contributed by atoms with Gasteiger partial charge < -0.3 is 24.3 Å². The Labute approximate surface area is 218 Å². The van der Waals surface area contributed by atoms with E-state index in [4.69, 9.17) is 18.9 Å². The van der Waals surface area contributed by atoms with Crippen LogP contribution in [-0.2, 0) is 25.6 Å². The Hall–Kier alpha value is -3.84. The molecule has 0 aliphatic carbocycles. The standard InChI is InChI=1S/C30H35NO6/c1-3-34-29(32)21-36-26-14-10-24(11-15-26)28(18-19-31-20-23-8-6-5-7-9-23)25-12-16-27(17-13-25)37-22-30(33)35-4-2/h5-17,28,31H,3-4,18-22H2,1-2H3. The monoisotopic (exact) mass is 505 g/mol. The molecule has 0 spiro atoms. The summed E-state index contributed by atoms with van der Waals surface area (Å²) in [5, 5.41) is 3.53. The quantitative estimate of drug-likeness (QED) is 0.233. The van der Waals surface area contributed by atoms with Gasteiger partial charge in [0, 0.05) is 12.5 Å². The Morgan fingerprint density at radius 2 is 1.19 bits per heavy atom. The molecule has 0 heterocycles. The van der Waals surface area contributed by atoms with Gasteiger partial charge in [-0.2, -0.15) is 0 Å². The zero-order valence-electron chi connectivity index (χ0n) is 21.5. The minimum absolute atomic E-state index is 0.118. The predicted molar refractivity (Wildman–Crippen MR) is 142 cm³/mol. The van der Waals surface area contributed by atoms with Crippen molar-refractivity contribution in [3.8, 4) is 11.5 Å². The first-order valence-corrected chi connectivity index (χ1v) is 12.6. The fourth-order valence-electron chi connectivity index (χ4n) is 3.88. The van der Waals surface area contributed by atoms with Gasteiger partial charge in [-0.25, -0.2) is 9.59 Å². The van der Waals surface area contributed by atoms with Gasteiger partial charge >= 0.3 is 11.9 Å². The lowest BCUT2D eigenvalue weighted by molar-refractivity contribution is -0.146. The molecule has 0 unspecified atom stereocenters. The smallest absolute Gasteiger partial charge is 0.344 e. The molecule has 0 aliphatic heterocycles. The van der Waals surface area contributed by atoms with Gasteiger partial charge in [-0.3, -0.25) is 0 Å². The molecule has 0 amide bonds. The van der Waals surface area contributed by atoms with E-state index < -0.39 is 0 Å². The van der Waals surface area contributed by atoms with Gasteiger partial charge in [0.2, 0.25) is 0 Å². The van der Waals surface area contributed by atoms with Crippen LogP contribution in [0.25, 0.3) is 0 Å². The molecular weight excluding hydrogens is 470 g/mol. The second kappa shape index (κ2) is 15.3. The Morgan fingerprint density at radius 1 is 0.703 bits per heavy atom. The molecule has 0 saturated carbocycles. The highest BCUT2D eigenvalue weighted by Crippen LogP contribution is 2.30. The highest BCUT2D eigenvalue weighted by molar-refractivity contribution is 5.71. The van der Waals surface area contributed by atoms with Crippen molar-refractivity contribution in [1.29, 1.82) is 0 Å². The second-order valence-electron chi connectivity index (χ2n) is 8.33. The van der Waals surface area contributed by atoms with E-state index in [0.717, 1.165) is 30.6 Å². The van der Waals surface area contributed by atoms with Gasteiger partial charge in [0.15, 0.2) is 13.2 Å². The molecule has 3 aromatic carbocycles. The van der Waals surface area contributed by atoms with Crippen molar-refractivity contribution < 1.29 is 28.5 Å². The Morgan fingerprint density at radius 3 is 1.65 bits per heavy atom. The van der Waals surface area contributed by atoms with Crippen LogP contribution in [0.5, 0.6) is 11.5 Å². The number of ether oxygens (including phenoxy) is 4. The molecule has 0 radical (unpaired) electrons. The molecule has 37 heavy (non-hydrogen) atoms. The highest BCUT2D eigenvalue weighted by atomic mass is 16.6. The van der Waals surface area contributed by atoms with Crippen LogP contribution in [-0.4, -0.2) is 44.9 Å². The molecule has 0 bridgehead atoms. The van der Waals surface area contributed by atoms with Crippen molar-refractivity contribution in [2.24, 2.45) is 0 Å². The van der Waals surface area contributed by atoms with Gasteiger partial charge in [0.05, 0.1) is 13.2 Å². The molecule has 3 rings (SSSR count). The van der Waals surface area contributed by atoms with Gasteiger partial charge in [-0.05, 0) is 67.8 Å². The van der Waals surface area contributed by atoms with Crippen molar-refractivity contribution in [2.45, 2.75) is 32.7 Å². The summed E-state index contributed by atoms with van der Waals surface area (Å²) in [5.41, 5.74) is 3.50. The van der Waals surface area contributed by atoms with E-state index in [1.807, 2.05) is 66.7 Å². The molecular formula is C30H35NO6. The van der Waals surface area contributed by atoms with Gasteiger partial charge in [-0.15, -0.1) is 0 Å². The number of carbonyl (C=O) groups is 2. The maximum absolute atomic E-state index is 11.6. The molecule has 3 aromatic rings. The van der Waals surface area contributed by atoms with E-state index in [-0.39, 0.29) is 31.1 Å². The average Bonchev–Trinajstić information content (AvgIpc) is 2.93. The second-order valence-corrected chi connectivity index (χ2v) is 8.33. The molecule has 0 atom stereocenters. The molecule has 0 fully saturated rings. The third-order valence-corrected chi connectivity index (χ3v) is 5.67. The number of rotatable bonds is 15. The highest BCUT2D eigenvalue weighted by Gasteiger charge is 2.15. The lowest BCUT2D eigenvalue weighted by atomic mass is 9.88. The number of nitrogens with one attached hydrogen (secondary N) is 1. The molecule has 0 aliphatic rings. The topological polar surface area (TPSA) is 83.1 Å². The SMILES string of the molecule is CCOC(=O)COc1ccc(C(CCNCc2ccccc2)c2ccc(OCC(=O)OCC)cc2)cc1. The molecule has 7 heteroatoms. The number of hydrogen-bond donors (Lipinski definition) is 1. The van der Waals surface area contributed by atoms with Crippen molar-refractivity contribution in [3.63, 3.8) is 0 Å². The predicted octanol–water partition coefficient (Wildman–Crippen LogP) is 4.88. The van der Waals surface area contributed by atoms with Crippen molar-refractivity contribution in [2.75, 3.05) is 33.0 Å². The lowest BCUT2D eigenvalue weighted by Crippen LogP contribution is -2.18. The van der Waals surface area contributed by atoms with E-state index in [1.54, 1.807) is 13.8 Å². The van der Waals surface area contributed by atoms with Gasteiger partial charge in [0.25, 0.3) is 0 Å². The first-order valence-electron chi connectivity index (χ1n) is 12.6. The lowest BCUT2D eigenvalue weighted by Gasteiger charge is -2.19. The maximum atomic E-state index is 11.6. The minimum atomic E-state index is -0.390. The van der Waals surface area contributed by atoms with Crippen molar-refractivity contribution >= 4 is 11.9 Å². The Kier molecular flexibility index (Phi) is 11.5. The first-order chi connectivity index (χ1) is 18.1. The largest absolute Gasteiger partial charge is 0.482 e. The van der Waals surface area contributed by atoms with Crippen LogP contribution in [0.1, 0.15) is 42.9 Å². The van der Waals surface area contributed by atoms with Crippen LogP contribution in [0.3, 0.4) is 0 Å². The fourth-order valence-corrected chi connectivity index (χ4v) is 3.88. The van der Waals surface area contributed by atoms with E-state index in [1.165, 1.54) is 5.56 Å². The average molecular weight is 506 g/mol. The summed E-state index contributed by atoms with van der Waals surface area (Å²) >= 11 is 0. The van der Waals surface area contributed by atoms with Crippen LogP contribution in [0.15, 0.2) is 78.9 Å². The summed E-state index contributed by atoms with van der Waals surface area (Å²) in [5.74, 6) is 0.570. The van der Waals surface area contributed by atoms with E-state index in [0.29, 0.717) is 24.7 Å². The summed E-state index contributed by atoms with van der Waals surface area (Å²) in [4.78, 5) is 23.2. The summed E-state index contributed by atoms with van der Waals surface area (Å²) in [7, 11) is 0. The van der Waals surface area contributed by atoms with E-state index >= 15 is 0 Å². The molecule has 7 nitrogen and oxygen atoms in total. The molecule has 0 aromatic heterocycles. The molecule has 0 saturated heterocycles. The normalized spacial score (nSPS) is 10.7. The zero-order chi connectivity index (χ0) is 26.3. The zero-order valence-corrected chi connectivity index (χ0v) is 21.5. The maximum Gasteiger partial charge on any atom is 0.344 e. The summed E-state index contributed by atoms with van der Waals surface area (Å²) < 4.78 is 20.9. The van der Waals surface area contributed by atoms with Crippen molar-refractivity contribution in [1.82, 2.24) is 5.32 Å². The van der Waals surface area contributed by atoms with Crippen LogP contribution < -0.4 is 14.8 Å². The van der Waals surface area contributed by atoms with Crippen LogP contribution >= 0.6 is 0 Å². The van der Waals surface area contributed by atoms with Gasteiger partial charge in [-0.1, -0.05) is 54.6 Å². The fraction of sp³-hybridized carbons (Fsp3) is 0.333. The van der Waals surface area contributed by atoms with Crippen LogP contribution in [0.2, 0.25) is 0 Å². The molecule has 196 valence electrons. The van der Waals surface area contributed by atoms with Crippen LogP contribution in [0.4, 0.5) is 0 Å². The van der Waals surface area contributed by atoms with Crippen LogP contribution in [0, 0.1) is 0 Å². The third kappa shape index (κ3) is 9.61. The minimum Gasteiger partial charge on any atom is -0.482 e. The van der Waals surface area contributed by atoms with Crippen molar-refractivity contribution in [3.05, 3.63) is 95.6 Å². The number of hydrogen-bond acceptors (Lipinski definition) is 7. The first kappa shape index (κ1) is 27.7. The summed E-state index contributed by atoms with van der Waals surface area (Å²) in [6, 6.07) is 25.9. The molecule has 1 N–H and O–H groups in total. The number of benzene rings is 3. The Bertz CT molecular complexity index is 1020. The van der Waals surface area contributed by atoms with E-state index in [9.17, 15) is 9.59 Å². The Balaban J connectivity index is 1.66. The summed E-state index contributed by atoms with van der Waals surface area (Å²) in [6.07, 6.45) is 0.874. The third-order valence-electron chi connectivity index (χ3n) is 5.67. The summed E-state index contributed by atoms with van der Waals surface area (Å²) in [6.45, 7) is 5.57. The number of esters is 2. The van der Waals surface area contributed by atoms with E-state index in [2.05, 4.69) is 17.4 Å². The van der Waals surface area contributed by atoms with Gasteiger partial charge in [0.1, 0.15) is 11.5 Å². The number of carbonyl (C=O) groups excluding carboxylic acids is 2.